The molecule has 21 heavy (non-hydrogen) atoms. The van der Waals surface area contributed by atoms with Crippen LogP contribution in [0, 0.1) is 5.92 Å². The Morgan fingerprint density at radius 1 is 1.33 bits per heavy atom. The topological polar surface area (TPSA) is 78.7 Å². The highest BCUT2D eigenvalue weighted by Gasteiger charge is 2.29. The predicted molar refractivity (Wildman–Crippen MR) is 81.6 cm³/mol. The highest BCUT2D eigenvalue weighted by atomic mass is 16.2. The summed E-state index contributed by atoms with van der Waals surface area (Å²) in [7, 11) is 0. The van der Waals surface area contributed by atoms with Gasteiger partial charge in [-0.25, -0.2) is 0 Å². The van der Waals surface area contributed by atoms with E-state index in [9.17, 15) is 9.59 Å². The number of likely N-dealkylation sites (N-methyl/N-ethyl adjacent to an activating group) is 1. The molecule has 2 aliphatic rings. The summed E-state index contributed by atoms with van der Waals surface area (Å²) in [4.78, 5) is 27.9. The van der Waals surface area contributed by atoms with E-state index in [0.29, 0.717) is 19.1 Å². The molecule has 0 radical (unpaired) electrons. The van der Waals surface area contributed by atoms with Gasteiger partial charge in [0.1, 0.15) is 0 Å². The van der Waals surface area contributed by atoms with Gasteiger partial charge in [0, 0.05) is 25.7 Å². The number of likely N-dealkylation sites (tertiary alicyclic amines) is 1. The van der Waals surface area contributed by atoms with E-state index < -0.39 is 0 Å². The van der Waals surface area contributed by atoms with E-state index in [1.807, 2.05) is 4.90 Å². The van der Waals surface area contributed by atoms with Crippen LogP contribution in [0.5, 0.6) is 0 Å². The third-order valence-electron chi connectivity index (χ3n) is 4.71. The average molecular weight is 296 g/mol. The number of carbonyl (C=O) groups excluding carboxylic acids is 2. The smallest absolute Gasteiger partial charge is 0.236 e. The summed E-state index contributed by atoms with van der Waals surface area (Å²) in [6.07, 6.45) is 4.00. The summed E-state index contributed by atoms with van der Waals surface area (Å²) in [6.45, 7) is 6.72. The maximum atomic E-state index is 12.5. The van der Waals surface area contributed by atoms with Gasteiger partial charge >= 0.3 is 0 Å². The standard InChI is InChI=1S/C15H28N4O2/c1-2-18(13-6-3-7-17-9-13)11-14(20)19-8-4-5-12(10-19)15(16)21/h12-13,17H,2-11H2,1H3,(H2,16,21). The first-order valence-corrected chi connectivity index (χ1v) is 8.13. The molecular weight excluding hydrogens is 268 g/mol. The van der Waals surface area contributed by atoms with Gasteiger partial charge in [-0.3, -0.25) is 14.5 Å². The second-order valence-electron chi connectivity index (χ2n) is 6.14. The summed E-state index contributed by atoms with van der Waals surface area (Å²) in [5.41, 5.74) is 5.38. The molecule has 2 heterocycles. The molecule has 2 saturated heterocycles. The van der Waals surface area contributed by atoms with Gasteiger partial charge in [-0.1, -0.05) is 6.92 Å². The van der Waals surface area contributed by atoms with Crippen LogP contribution in [0.15, 0.2) is 0 Å². The molecule has 2 rings (SSSR count). The Labute approximate surface area is 127 Å². The van der Waals surface area contributed by atoms with Crippen LogP contribution in [0.1, 0.15) is 32.6 Å². The molecule has 6 nitrogen and oxygen atoms in total. The Morgan fingerprint density at radius 2 is 2.14 bits per heavy atom. The molecule has 0 aromatic carbocycles. The van der Waals surface area contributed by atoms with Gasteiger partial charge in [0.15, 0.2) is 0 Å². The molecule has 120 valence electrons. The zero-order valence-corrected chi connectivity index (χ0v) is 13.0. The predicted octanol–water partition coefficient (Wildman–Crippen LogP) is -0.216. The molecule has 0 aromatic rings. The summed E-state index contributed by atoms with van der Waals surface area (Å²) in [5.74, 6) is -0.321. The number of hydrogen-bond donors (Lipinski definition) is 2. The maximum Gasteiger partial charge on any atom is 0.236 e. The molecule has 0 bridgehead atoms. The molecule has 0 saturated carbocycles. The van der Waals surface area contributed by atoms with Crippen molar-refractivity contribution in [1.82, 2.24) is 15.1 Å². The van der Waals surface area contributed by atoms with Gasteiger partial charge in [-0.2, -0.15) is 0 Å². The number of primary amides is 1. The van der Waals surface area contributed by atoms with Gasteiger partial charge in [0.2, 0.25) is 11.8 Å². The Balaban J connectivity index is 1.87. The van der Waals surface area contributed by atoms with E-state index >= 15 is 0 Å². The first kappa shape index (κ1) is 16.2. The van der Waals surface area contributed by atoms with Crippen molar-refractivity contribution >= 4 is 11.8 Å². The molecule has 6 heteroatoms. The number of nitrogens with one attached hydrogen (secondary N) is 1. The molecular formula is C15H28N4O2. The Kier molecular flexibility index (Phi) is 5.99. The minimum Gasteiger partial charge on any atom is -0.369 e. The zero-order valence-electron chi connectivity index (χ0n) is 13.0. The van der Waals surface area contributed by atoms with Gasteiger partial charge in [0.05, 0.1) is 12.5 Å². The van der Waals surface area contributed by atoms with E-state index in [0.717, 1.165) is 45.4 Å². The second-order valence-corrected chi connectivity index (χ2v) is 6.14. The first-order valence-electron chi connectivity index (χ1n) is 8.13. The Hall–Kier alpha value is -1.14. The van der Waals surface area contributed by atoms with Crippen LogP contribution >= 0.6 is 0 Å². The van der Waals surface area contributed by atoms with E-state index in [-0.39, 0.29) is 17.7 Å². The fourth-order valence-corrected chi connectivity index (χ4v) is 3.35. The van der Waals surface area contributed by atoms with Crippen LogP contribution in [0.2, 0.25) is 0 Å². The van der Waals surface area contributed by atoms with E-state index in [2.05, 4.69) is 17.1 Å². The molecule has 2 aliphatic heterocycles. The number of amides is 2. The lowest BCUT2D eigenvalue weighted by Crippen LogP contribution is -2.52. The van der Waals surface area contributed by atoms with Crippen LogP contribution in [-0.2, 0) is 9.59 Å². The van der Waals surface area contributed by atoms with Crippen molar-refractivity contribution < 1.29 is 9.59 Å². The van der Waals surface area contributed by atoms with E-state index in [1.54, 1.807) is 0 Å². The Morgan fingerprint density at radius 3 is 2.76 bits per heavy atom. The number of carbonyl (C=O) groups is 2. The highest BCUT2D eigenvalue weighted by molar-refractivity contribution is 5.81. The van der Waals surface area contributed by atoms with Gasteiger partial charge in [0.25, 0.3) is 0 Å². The van der Waals surface area contributed by atoms with Gasteiger partial charge in [-0.05, 0) is 38.8 Å². The van der Waals surface area contributed by atoms with Crippen LogP contribution in [0.4, 0.5) is 0 Å². The number of nitrogens with zero attached hydrogens (tertiary/aromatic N) is 2. The lowest BCUT2D eigenvalue weighted by molar-refractivity contribution is -0.136. The van der Waals surface area contributed by atoms with Crippen molar-refractivity contribution in [1.29, 1.82) is 0 Å². The number of nitrogens with two attached hydrogens (primary N) is 1. The molecule has 2 unspecified atom stereocenters. The summed E-state index contributed by atoms with van der Waals surface area (Å²) in [5, 5.41) is 3.40. The van der Waals surface area contributed by atoms with Crippen molar-refractivity contribution in [3.63, 3.8) is 0 Å². The number of piperidine rings is 2. The minimum atomic E-state index is -0.281. The van der Waals surface area contributed by atoms with Crippen molar-refractivity contribution in [3.8, 4) is 0 Å². The van der Waals surface area contributed by atoms with Crippen molar-refractivity contribution in [2.45, 2.75) is 38.6 Å². The monoisotopic (exact) mass is 296 g/mol. The van der Waals surface area contributed by atoms with Gasteiger partial charge in [-0.15, -0.1) is 0 Å². The van der Waals surface area contributed by atoms with E-state index in [4.69, 9.17) is 5.73 Å². The lowest BCUT2D eigenvalue weighted by Gasteiger charge is -2.36. The third kappa shape index (κ3) is 4.41. The second kappa shape index (κ2) is 7.75. The fraction of sp³-hybridized carbons (Fsp3) is 0.867. The largest absolute Gasteiger partial charge is 0.369 e. The van der Waals surface area contributed by atoms with Crippen LogP contribution in [-0.4, -0.2) is 66.9 Å². The summed E-state index contributed by atoms with van der Waals surface area (Å²) >= 11 is 0. The molecule has 2 fully saturated rings. The number of rotatable bonds is 5. The molecule has 2 atom stereocenters. The summed E-state index contributed by atoms with van der Waals surface area (Å²) < 4.78 is 0. The van der Waals surface area contributed by atoms with Crippen LogP contribution < -0.4 is 11.1 Å². The van der Waals surface area contributed by atoms with Gasteiger partial charge < -0.3 is 16.0 Å². The molecule has 3 N–H and O–H groups in total. The SMILES string of the molecule is CCN(CC(=O)N1CCCC(C(N)=O)C1)C1CCCNC1. The minimum absolute atomic E-state index is 0.133. The summed E-state index contributed by atoms with van der Waals surface area (Å²) in [6, 6.07) is 0.449. The molecule has 0 spiro atoms. The van der Waals surface area contributed by atoms with Crippen molar-refractivity contribution in [2.75, 3.05) is 39.3 Å². The normalized spacial score (nSPS) is 26.9. The zero-order chi connectivity index (χ0) is 15.2. The maximum absolute atomic E-state index is 12.5. The lowest BCUT2D eigenvalue weighted by atomic mass is 9.97. The Bertz CT molecular complexity index is 369. The van der Waals surface area contributed by atoms with Crippen molar-refractivity contribution in [3.05, 3.63) is 0 Å². The quantitative estimate of drug-likeness (QED) is 0.735. The third-order valence-corrected chi connectivity index (χ3v) is 4.71. The molecule has 0 aliphatic carbocycles. The molecule has 2 amide bonds. The van der Waals surface area contributed by atoms with Crippen LogP contribution in [0.25, 0.3) is 0 Å². The van der Waals surface area contributed by atoms with Crippen LogP contribution in [0.3, 0.4) is 0 Å². The first-order chi connectivity index (χ1) is 10.1. The average Bonchev–Trinajstić information content (AvgIpc) is 2.53. The highest BCUT2D eigenvalue weighted by Crippen LogP contribution is 2.17. The van der Waals surface area contributed by atoms with Crippen molar-refractivity contribution in [2.24, 2.45) is 11.7 Å². The number of hydrogen-bond acceptors (Lipinski definition) is 4. The van der Waals surface area contributed by atoms with E-state index in [1.165, 1.54) is 6.42 Å². The fourth-order valence-electron chi connectivity index (χ4n) is 3.35. The molecule has 0 aromatic heterocycles.